The van der Waals surface area contributed by atoms with Gasteiger partial charge in [0.05, 0.1) is 10.7 Å². The van der Waals surface area contributed by atoms with Gasteiger partial charge in [0.15, 0.2) is 11.9 Å². The third-order valence-electron chi connectivity index (χ3n) is 3.55. The molecule has 9 heteroatoms. The van der Waals surface area contributed by atoms with Gasteiger partial charge in [-0.25, -0.2) is 0 Å². The van der Waals surface area contributed by atoms with Crippen molar-refractivity contribution in [2.45, 2.75) is 20.0 Å². The monoisotopic (exact) mass is 391 g/mol. The zero-order valence-electron chi connectivity index (χ0n) is 14.0. The Morgan fingerprint density at radius 1 is 1.23 bits per heavy atom. The van der Waals surface area contributed by atoms with Crippen molar-refractivity contribution in [2.24, 2.45) is 0 Å². The molecule has 1 atom stereocenters. The highest BCUT2D eigenvalue weighted by molar-refractivity contribution is 6.35. The topological polar surface area (TPSA) is 81.9 Å². The molecule has 0 aliphatic carbocycles. The predicted octanol–water partition coefficient (Wildman–Crippen LogP) is 3.68. The van der Waals surface area contributed by atoms with Gasteiger partial charge in [-0.1, -0.05) is 29.3 Å². The van der Waals surface area contributed by atoms with Crippen molar-refractivity contribution in [3.8, 4) is 11.4 Å². The first-order valence-electron chi connectivity index (χ1n) is 7.72. The van der Waals surface area contributed by atoms with Gasteiger partial charge in [0.2, 0.25) is 0 Å². The van der Waals surface area contributed by atoms with E-state index in [1.54, 1.807) is 54.9 Å². The van der Waals surface area contributed by atoms with Gasteiger partial charge in [-0.2, -0.15) is 4.68 Å². The molecule has 0 fully saturated rings. The van der Waals surface area contributed by atoms with E-state index in [9.17, 15) is 4.79 Å². The minimum absolute atomic E-state index is 0.318. The van der Waals surface area contributed by atoms with Gasteiger partial charge in [0, 0.05) is 10.7 Å². The van der Waals surface area contributed by atoms with Crippen LogP contribution >= 0.6 is 23.2 Å². The van der Waals surface area contributed by atoms with Crippen molar-refractivity contribution >= 4 is 34.8 Å². The number of aryl methyl sites for hydroxylation is 1. The number of tetrazole rings is 1. The van der Waals surface area contributed by atoms with Gasteiger partial charge in [-0.3, -0.25) is 4.79 Å². The smallest absolute Gasteiger partial charge is 0.265 e. The molecule has 2 aromatic carbocycles. The van der Waals surface area contributed by atoms with Crippen molar-refractivity contribution < 1.29 is 9.53 Å². The predicted molar refractivity (Wildman–Crippen MR) is 99.1 cm³/mol. The molecule has 0 aliphatic heterocycles. The van der Waals surface area contributed by atoms with Crippen LogP contribution in [0.2, 0.25) is 10.0 Å². The van der Waals surface area contributed by atoms with Crippen LogP contribution in [0.5, 0.6) is 5.75 Å². The van der Waals surface area contributed by atoms with Gasteiger partial charge < -0.3 is 10.1 Å². The fourth-order valence-electron chi connectivity index (χ4n) is 2.24. The first kappa shape index (κ1) is 18.2. The molecule has 0 saturated heterocycles. The molecule has 1 N–H and O–H groups in total. The molecule has 1 unspecified atom stereocenters. The molecule has 3 aromatic rings. The molecule has 0 radical (unpaired) electrons. The number of nitrogens with zero attached hydrogens (tertiary/aromatic N) is 4. The van der Waals surface area contributed by atoms with Crippen molar-refractivity contribution in [1.29, 1.82) is 0 Å². The van der Waals surface area contributed by atoms with Crippen LogP contribution in [0, 0.1) is 6.92 Å². The SMILES string of the molecule is Cc1nnnn1-c1cccc(NC(=O)C(C)Oc2ccc(Cl)cc2Cl)c1. The number of benzene rings is 2. The zero-order chi connectivity index (χ0) is 18.7. The number of rotatable bonds is 5. The summed E-state index contributed by atoms with van der Waals surface area (Å²) in [7, 11) is 0. The largest absolute Gasteiger partial charge is 0.479 e. The number of hydrogen-bond acceptors (Lipinski definition) is 5. The Labute approximate surface area is 159 Å². The number of carbonyl (C=O) groups is 1. The van der Waals surface area contributed by atoms with Gasteiger partial charge >= 0.3 is 0 Å². The summed E-state index contributed by atoms with van der Waals surface area (Å²) in [4.78, 5) is 12.4. The third-order valence-corrected chi connectivity index (χ3v) is 4.08. The molecule has 1 amide bonds. The van der Waals surface area contributed by atoms with E-state index in [0.717, 1.165) is 5.69 Å². The summed E-state index contributed by atoms with van der Waals surface area (Å²) in [5, 5.41) is 15.0. The standard InChI is InChI=1S/C17H15Cl2N5O2/c1-10(26-16-7-6-12(18)8-15(16)19)17(25)20-13-4-3-5-14(9-13)24-11(2)21-22-23-24/h3-10H,1-2H3,(H,20,25). The van der Waals surface area contributed by atoms with E-state index in [-0.39, 0.29) is 5.91 Å². The van der Waals surface area contributed by atoms with Crippen molar-refractivity contribution in [1.82, 2.24) is 20.2 Å². The number of carbonyl (C=O) groups excluding carboxylic acids is 1. The van der Waals surface area contributed by atoms with E-state index >= 15 is 0 Å². The molecule has 0 saturated carbocycles. The lowest BCUT2D eigenvalue weighted by atomic mass is 10.2. The molecule has 0 bridgehead atoms. The summed E-state index contributed by atoms with van der Waals surface area (Å²) < 4.78 is 7.19. The molecule has 0 aliphatic rings. The molecular formula is C17H15Cl2N5O2. The first-order valence-corrected chi connectivity index (χ1v) is 8.47. The van der Waals surface area contributed by atoms with Crippen molar-refractivity contribution in [2.75, 3.05) is 5.32 Å². The summed E-state index contributed by atoms with van der Waals surface area (Å²) in [5.74, 6) is 0.709. The number of halogens is 2. The first-order chi connectivity index (χ1) is 12.4. The quantitative estimate of drug-likeness (QED) is 0.716. The summed E-state index contributed by atoms with van der Waals surface area (Å²) in [5.41, 5.74) is 1.33. The van der Waals surface area contributed by atoms with Crippen LogP contribution in [0.1, 0.15) is 12.7 Å². The number of anilines is 1. The van der Waals surface area contributed by atoms with Gasteiger partial charge in [-0.15, -0.1) is 5.10 Å². The van der Waals surface area contributed by atoms with Crippen LogP contribution in [0.4, 0.5) is 5.69 Å². The maximum atomic E-state index is 12.4. The fourth-order valence-corrected chi connectivity index (χ4v) is 2.70. The Morgan fingerprint density at radius 2 is 2.04 bits per heavy atom. The molecular weight excluding hydrogens is 377 g/mol. The average Bonchev–Trinajstić information content (AvgIpc) is 3.03. The second kappa shape index (κ2) is 7.72. The van der Waals surface area contributed by atoms with Crippen LogP contribution in [0.3, 0.4) is 0 Å². The zero-order valence-corrected chi connectivity index (χ0v) is 15.5. The minimum atomic E-state index is -0.757. The van der Waals surface area contributed by atoms with Gasteiger partial charge in [0.1, 0.15) is 5.75 Å². The Bertz CT molecular complexity index is 944. The van der Waals surface area contributed by atoms with Crippen LogP contribution in [0.15, 0.2) is 42.5 Å². The highest BCUT2D eigenvalue weighted by Crippen LogP contribution is 2.28. The Morgan fingerprint density at radius 3 is 2.73 bits per heavy atom. The lowest BCUT2D eigenvalue weighted by Gasteiger charge is -2.16. The highest BCUT2D eigenvalue weighted by atomic mass is 35.5. The minimum Gasteiger partial charge on any atom is -0.479 e. The van der Waals surface area contributed by atoms with Crippen molar-refractivity contribution in [3.05, 3.63) is 58.3 Å². The van der Waals surface area contributed by atoms with E-state index in [1.165, 1.54) is 0 Å². The van der Waals surface area contributed by atoms with E-state index in [4.69, 9.17) is 27.9 Å². The van der Waals surface area contributed by atoms with Crippen LogP contribution < -0.4 is 10.1 Å². The fraction of sp³-hybridized carbons (Fsp3) is 0.176. The molecule has 3 rings (SSSR count). The lowest BCUT2D eigenvalue weighted by molar-refractivity contribution is -0.122. The Hall–Kier alpha value is -2.64. The Kier molecular flexibility index (Phi) is 5.39. The van der Waals surface area contributed by atoms with Gasteiger partial charge in [0.25, 0.3) is 5.91 Å². The lowest BCUT2D eigenvalue weighted by Crippen LogP contribution is -2.30. The summed E-state index contributed by atoms with van der Waals surface area (Å²) in [6.07, 6.45) is -0.757. The number of amides is 1. The number of hydrogen-bond donors (Lipinski definition) is 1. The second-order valence-electron chi connectivity index (χ2n) is 5.51. The molecule has 1 heterocycles. The summed E-state index contributed by atoms with van der Waals surface area (Å²) in [6, 6.07) is 12.0. The number of aromatic nitrogens is 4. The van der Waals surface area contributed by atoms with Crippen LogP contribution in [-0.4, -0.2) is 32.2 Å². The molecule has 1 aromatic heterocycles. The van der Waals surface area contributed by atoms with Crippen molar-refractivity contribution in [3.63, 3.8) is 0 Å². The average molecular weight is 392 g/mol. The van der Waals surface area contributed by atoms with Gasteiger partial charge in [-0.05, 0) is 60.7 Å². The second-order valence-corrected chi connectivity index (χ2v) is 6.36. The molecule has 134 valence electrons. The van der Waals surface area contributed by atoms with E-state index in [2.05, 4.69) is 20.8 Å². The molecule has 7 nitrogen and oxygen atoms in total. The number of ether oxygens (including phenoxy) is 1. The van der Waals surface area contributed by atoms with E-state index in [0.29, 0.717) is 27.3 Å². The Balaban J connectivity index is 1.70. The maximum Gasteiger partial charge on any atom is 0.265 e. The summed E-state index contributed by atoms with van der Waals surface area (Å²) >= 11 is 11.9. The maximum absolute atomic E-state index is 12.4. The third kappa shape index (κ3) is 4.12. The summed E-state index contributed by atoms with van der Waals surface area (Å²) in [6.45, 7) is 3.42. The highest BCUT2D eigenvalue weighted by Gasteiger charge is 2.17. The van der Waals surface area contributed by atoms with E-state index in [1.807, 2.05) is 6.07 Å². The normalized spacial score (nSPS) is 11.8. The molecule has 0 spiro atoms. The van der Waals surface area contributed by atoms with Crippen LogP contribution in [0.25, 0.3) is 5.69 Å². The van der Waals surface area contributed by atoms with E-state index < -0.39 is 6.10 Å². The van der Waals surface area contributed by atoms with Crippen LogP contribution in [-0.2, 0) is 4.79 Å². The number of nitrogens with one attached hydrogen (secondary N) is 1. The molecule has 26 heavy (non-hydrogen) atoms.